The molecule has 7 heteroatoms. The van der Waals surface area contributed by atoms with E-state index in [4.69, 9.17) is 4.74 Å². The van der Waals surface area contributed by atoms with Gasteiger partial charge in [-0.3, -0.25) is 0 Å². The Morgan fingerprint density at radius 2 is 2.09 bits per heavy atom. The van der Waals surface area contributed by atoms with Crippen LogP contribution in [-0.4, -0.2) is 34.8 Å². The van der Waals surface area contributed by atoms with Crippen LogP contribution in [0.2, 0.25) is 0 Å². The van der Waals surface area contributed by atoms with Crippen molar-refractivity contribution in [3.63, 3.8) is 0 Å². The lowest BCUT2D eigenvalue weighted by molar-refractivity contribution is 0.415. The predicted molar refractivity (Wildman–Crippen MR) is 95.2 cm³/mol. The zero-order valence-electron chi connectivity index (χ0n) is 13.2. The Labute approximate surface area is 138 Å². The number of benzene rings is 1. The normalized spacial score (nSPS) is 11.0. The molecular formula is C16H17N5OS. The maximum absolute atomic E-state index is 5.26. The molecule has 0 aliphatic rings. The number of hydrogen-bond acceptors (Lipinski definition) is 7. The van der Waals surface area contributed by atoms with Crippen LogP contribution in [0.3, 0.4) is 0 Å². The first-order valence-corrected chi connectivity index (χ1v) is 8.03. The largest absolute Gasteiger partial charge is 0.497 e. The number of anilines is 1. The van der Waals surface area contributed by atoms with Gasteiger partial charge in [-0.15, -0.1) is 11.3 Å². The number of ether oxygens (including phenoxy) is 1. The third-order valence-electron chi connectivity index (χ3n) is 3.18. The van der Waals surface area contributed by atoms with Gasteiger partial charge >= 0.3 is 0 Å². The minimum Gasteiger partial charge on any atom is -0.497 e. The molecule has 0 unspecified atom stereocenters. The summed E-state index contributed by atoms with van der Waals surface area (Å²) in [4.78, 5) is 17.6. The molecule has 23 heavy (non-hydrogen) atoms. The Balaban J connectivity index is 2.09. The number of aromatic nitrogens is 3. The minimum absolute atomic E-state index is 0.321. The highest BCUT2D eigenvalue weighted by molar-refractivity contribution is 7.14. The van der Waals surface area contributed by atoms with E-state index in [0.29, 0.717) is 23.4 Å². The van der Waals surface area contributed by atoms with E-state index in [2.05, 4.69) is 45.8 Å². The quantitative estimate of drug-likeness (QED) is 0.719. The Kier molecular flexibility index (Phi) is 4.20. The fourth-order valence-electron chi connectivity index (χ4n) is 2.14. The molecule has 0 aliphatic heterocycles. The molecule has 0 aliphatic carbocycles. The SMILES string of the molecule is C=Nc1nc(-c2csc(NC(C)C)n2)nc2cc(OC)ccc12. The number of nitrogens with one attached hydrogen (secondary N) is 1. The monoisotopic (exact) mass is 327 g/mol. The smallest absolute Gasteiger partial charge is 0.183 e. The fourth-order valence-corrected chi connectivity index (χ4v) is 2.98. The van der Waals surface area contributed by atoms with Gasteiger partial charge in [0, 0.05) is 22.9 Å². The number of fused-ring (bicyclic) bond motifs is 1. The Bertz CT molecular complexity index is 859. The summed E-state index contributed by atoms with van der Waals surface area (Å²) in [5.41, 5.74) is 1.47. The topological polar surface area (TPSA) is 72.3 Å². The van der Waals surface area contributed by atoms with E-state index in [-0.39, 0.29) is 0 Å². The van der Waals surface area contributed by atoms with Gasteiger partial charge in [-0.05, 0) is 32.7 Å². The molecule has 1 aromatic carbocycles. The van der Waals surface area contributed by atoms with Gasteiger partial charge in [0.25, 0.3) is 0 Å². The second-order valence-corrected chi connectivity index (χ2v) is 6.11. The first-order chi connectivity index (χ1) is 11.1. The minimum atomic E-state index is 0.321. The maximum Gasteiger partial charge on any atom is 0.183 e. The molecule has 1 N–H and O–H groups in total. The van der Waals surface area contributed by atoms with E-state index in [1.807, 2.05) is 23.6 Å². The van der Waals surface area contributed by atoms with Crippen LogP contribution in [0.4, 0.5) is 10.9 Å². The van der Waals surface area contributed by atoms with Crippen LogP contribution >= 0.6 is 11.3 Å². The number of hydrogen-bond donors (Lipinski definition) is 1. The summed E-state index contributed by atoms with van der Waals surface area (Å²) in [6, 6.07) is 5.91. The van der Waals surface area contributed by atoms with Crippen LogP contribution in [0.15, 0.2) is 28.6 Å². The van der Waals surface area contributed by atoms with Gasteiger partial charge in [0.2, 0.25) is 0 Å². The lowest BCUT2D eigenvalue weighted by Gasteiger charge is -2.06. The molecule has 0 saturated carbocycles. The molecule has 118 valence electrons. The molecule has 0 bridgehead atoms. The van der Waals surface area contributed by atoms with E-state index in [1.165, 1.54) is 11.3 Å². The number of methoxy groups -OCH3 is 1. The van der Waals surface area contributed by atoms with Crippen LogP contribution in [0.1, 0.15) is 13.8 Å². The molecule has 0 amide bonds. The summed E-state index contributed by atoms with van der Waals surface area (Å²) >= 11 is 1.53. The van der Waals surface area contributed by atoms with Crippen molar-refractivity contribution in [1.82, 2.24) is 15.0 Å². The van der Waals surface area contributed by atoms with Gasteiger partial charge in [0.15, 0.2) is 16.8 Å². The van der Waals surface area contributed by atoms with Gasteiger partial charge in [0.05, 0.1) is 12.6 Å². The van der Waals surface area contributed by atoms with E-state index < -0.39 is 0 Å². The first-order valence-electron chi connectivity index (χ1n) is 7.15. The summed E-state index contributed by atoms with van der Waals surface area (Å²) < 4.78 is 5.26. The van der Waals surface area contributed by atoms with Gasteiger partial charge in [-0.1, -0.05) is 0 Å². The summed E-state index contributed by atoms with van der Waals surface area (Å²) in [6.07, 6.45) is 0. The van der Waals surface area contributed by atoms with Gasteiger partial charge < -0.3 is 10.1 Å². The molecule has 0 radical (unpaired) electrons. The molecule has 0 spiro atoms. The molecule has 3 aromatic rings. The third kappa shape index (κ3) is 3.14. The predicted octanol–water partition coefficient (Wildman–Crippen LogP) is 3.91. The van der Waals surface area contributed by atoms with Crippen molar-refractivity contribution >= 4 is 39.9 Å². The summed E-state index contributed by atoms with van der Waals surface area (Å²) in [5.74, 6) is 1.80. The second kappa shape index (κ2) is 6.29. The van der Waals surface area contributed by atoms with Gasteiger partial charge in [-0.25, -0.2) is 19.9 Å². The van der Waals surface area contributed by atoms with Crippen molar-refractivity contribution in [3.05, 3.63) is 23.6 Å². The number of rotatable bonds is 5. The molecule has 6 nitrogen and oxygen atoms in total. The highest BCUT2D eigenvalue weighted by Crippen LogP contribution is 2.30. The molecule has 2 aromatic heterocycles. The second-order valence-electron chi connectivity index (χ2n) is 5.25. The van der Waals surface area contributed by atoms with Crippen molar-refractivity contribution < 1.29 is 4.74 Å². The zero-order chi connectivity index (χ0) is 16.4. The Morgan fingerprint density at radius 3 is 2.78 bits per heavy atom. The number of nitrogens with zero attached hydrogens (tertiary/aromatic N) is 4. The van der Waals surface area contributed by atoms with E-state index in [1.54, 1.807) is 7.11 Å². The van der Waals surface area contributed by atoms with E-state index in [0.717, 1.165) is 21.8 Å². The summed E-state index contributed by atoms with van der Waals surface area (Å²) in [7, 11) is 1.63. The standard InChI is InChI=1S/C16H17N5OS/c1-9(2)18-16-20-13(8-23-16)15-19-12-7-10(22-4)5-6-11(12)14(17-3)21-15/h5-9H,3H2,1-2,4H3,(H,18,20). The van der Waals surface area contributed by atoms with Gasteiger partial charge in [0.1, 0.15) is 11.4 Å². The summed E-state index contributed by atoms with van der Waals surface area (Å²) in [5, 5.41) is 6.88. The van der Waals surface area contributed by atoms with Crippen molar-refractivity contribution in [2.45, 2.75) is 19.9 Å². The van der Waals surface area contributed by atoms with Crippen LogP contribution in [0.5, 0.6) is 5.75 Å². The first kappa shape index (κ1) is 15.4. The third-order valence-corrected chi connectivity index (χ3v) is 3.95. The van der Waals surface area contributed by atoms with Gasteiger partial charge in [-0.2, -0.15) is 0 Å². The van der Waals surface area contributed by atoms with Crippen molar-refractivity contribution in [2.75, 3.05) is 12.4 Å². The Morgan fingerprint density at radius 1 is 1.26 bits per heavy atom. The summed E-state index contributed by atoms with van der Waals surface area (Å²) in [6.45, 7) is 7.74. The maximum atomic E-state index is 5.26. The lowest BCUT2D eigenvalue weighted by atomic mass is 10.2. The molecule has 0 saturated heterocycles. The fraction of sp³-hybridized carbons (Fsp3) is 0.250. The molecular weight excluding hydrogens is 310 g/mol. The zero-order valence-corrected chi connectivity index (χ0v) is 14.0. The van der Waals surface area contributed by atoms with Crippen molar-refractivity contribution in [2.24, 2.45) is 4.99 Å². The number of thiazole rings is 1. The number of aliphatic imine (C=N–C) groups is 1. The van der Waals surface area contributed by atoms with Crippen LogP contribution in [-0.2, 0) is 0 Å². The van der Waals surface area contributed by atoms with Crippen LogP contribution < -0.4 is 10.1 Å². The average Bonchev–Trinajstić information content (AvgIpc) is 3.00. The lowest BCUT2D eigenvalue weighted by Crippen LogP contribution is -2.09. The van der Waals surface area contributed by atoms with Crippen LogP contribution in [0.25, 0.3) is 22.4 Å². The molecule has 0 atom stereocenters. The van der Waals surface area contributed by atoms with E-state index >= 15 is 0 Å². The van der Waals surface area contributed by atoms with Crippen molar-refractivity contribution in [1.29, 1.82) is 0 Å². The molecule has 3 rings (SSSR count). The van der Waals surface area contributed by atoms with Crippen molar-refractivity contribution in [3.8, 4) is 17.3 Å². The highest BCUT2D eigenvalue weighted by Gasteiger charge is 2.12. The molecule has 2 heterocycles. The van der Waals surface area contributed by atoms with Crippen LogP contribution in [0, 0.1) is 0 Å². The average molecular weight is 327 g/mol. The highest BCUT2D eigenvalue weighted by atomic mass is 32.1. The molecule has 0 fully saturated rings. The Hall–Kier alpha value is -2.54. The van der Waals surface area contributed by atoms with E-state index in [9.17, 15) is 0 Å².